The molecule has 6 nitrogen and oxygen atoms in total. The minimum absolute atomic E-state index is 0.0332. The number of aliphatic hydroxyl groups is 1. The van der Waals surface area contributed by atoms with E-state index < -0.39 is 51.8 Å². The van der Waals surface area contributed by atoms with Crippen LogP contribution in [-0.2, 0) is 23.9 Å². The van der Waals surface area contributed by atoms with Gasteiger partial charge < -0.3 is 9.84 Å². The van der Waals surface area contributed by atoms with Crippen LogP contribution in [0.3, 0.4) is 0 Å². The first-order valence-electron chi connectivity index (χ1n) is 11.4. The molecule has 8 atom stereocenters. The first-order valence-corrected chi connectivity index (χ1v) is 11.4. The van der Waals surface area contributed by atoms with Crippen LogP contribution in [0.5, 0.6) is 0 Å². The molecule has 0 aromatic carbocycles. The molecule has 4 aliphatic carbocycles. The maximum Gasteiger partial charge on any atom is 0.306 e. The van der Waals surface area contributed by atoms with Crippen molar-refractivity contribution in [3.8, 4) is 0 Å². The molecule has 0 saturated heterocycles. The maximum atomic E-state index is 17.1. The third kappa shape index (κ3) is 2.54. The number of allylic oxidation sites excluding steroid dienone is 4. The number of fused-ring (bicyclic) bond motifs is 5. The lowest BCUT2D eigenvalue weighted by molar-refractivity contribution is -0.226. The fraction of sp³-hybridized carbons (Fsp3) is 0.680. The summed E-state index contributed by atoms with van der Waals surface area (Å²) >= 11 is 0. The van der Waals surface area contributed by atoms with Crippen molar-refractivity contribution in [2.75, 3.05) is 0 Å². The highest BCUT2D eigenvalue weighted by Gasteiger charge is 2.77. The van der Waals surface area contributed by atoms with E-state index in [9.17, 15) is 24.3 Å². The zero-order chi connectivity index (χ0) is 23.7. The summed E-state index contributed by atoms with van der Waals surface area (Å²) in [6.45, 7) is 6.84. The van der Waals surface area contributed by atoms with Crippen molar-refractivity contribution < 1.29 is 33.4 Å². The van der Waals surface area contributed by atoms with Crippen LogP contribution in [0.4, 0.5) is 4.39 Å². The molecular formula is C25H31FO6. The van der Waals surface area contributed by atoms with Gasteiger partial charge in [-0.3, -0.25) is 19.2 Å². The molecule has 0 amide bonds. The number of alkyl halides is 1. The molecule has 0 bridgehead atoms. The lowest BCUT2D eigenvalue weighted by Gasteiger charge is -2.62. The highest BCUT2D eigenvalue weighted by molar-refractivity contribution is 6.29. The lowest BCUT2D eigenvalue weighted by atomic mass is 9.44. The molecule has 0 radical (unpaired) electrons. The number of aldehydes is 1. The van der Waals surface area contributed by atoms with E-state index in [1.54, 1.807) is 33.8 Å². The molecule has 4 rings (SSSR count). The molecule has 3 saturated carbocycles. The van der Waals surface area contributed by atoms with Gasteiger partial charge in [0.1, 0.15) is 0 Å². The second-order valence-corrected chi connectivity index (χ2v) is 10.4. The molecule has 7 heteroatoms. The Hall–Kier alpha value is -2.15. The Balaban J connectivity index is 1.86. The Bertz CT molecular complexity index is 954. The minimum atomic E-state index is -2.05. The van der Waals surface area contributed by atoms with E-state index in [1.807, 2.05) is 0 Å². The number of carbonyl (C=O) groups excluding carboxylic acids is 4. The Kier molecular flexibility index (Phi) is 5.16. The maximum absolute atomic E-state index is 17.1. The molecule has 0 aromatic heterocycles. The van der Waals surface area contributed by atoms with Crippen molar-refractivity contribution in [3.63, 3.8) is 0 Å². The predicted molar refractivity (Wildman–Crippen MR) is 113 cm³/mol. The van der Waals surface area contributed by atoms with Crippen molar-refractivity contribution >= 4 is 23.8 Å². The van der Waals surface area contributed by atoms with Gasteiger partial charge in [-0.25, -0.2) is 4.39 Å². The van der Waals surface area contributed by atoms with Crippen LogP contribution < -0.4 is 0 Å². The van der Waals surface area contributed by atoms with Crippen LogP contribution in [0.25, 0.3) is 0 Å². The second kappa shape index (κ2) is 7.17. The molecule has 174 valence electrons. The normalized spacial score (nSPS) is 47.1. The van der Waals surface area contributed by atoms with Crippen LogP contribution in [0.1, 0.15) is 59.8 Å². The Labute approximate surface area is 187 Å². The molecule has 32 heavy (non-hydrogen) atoms. The fourth-order valence-electron chi connectivity index (χ4n) is 7.66. The zero-order valence-corrected chi connectivity index (χ0v) is 19.0. The van der Waals surface area contributed by atoms with Gasteiger partial charge in [0.2, 0.25) is 5.78 Å². The first kappa shape index (κ1) is 23.0. The van der Waals surface area contributed by atoms with E-state index in [0.717, 1.165) is 0 Å². The van der Waals surface area contributed by atoms with Crippen LogP contribution in [0, 0.1) is 28.6 Å². The standard InChI is InChI=1S/C25H31FO6/c1-5-21(31)32-25(20(30)13-27)14(2)10-18-17-7-6-15-11-16(28)8-9-22(15,3)24(17,26)19(29)12-23(18,25)4/h8-9,11,13-14,17-19,29H,5-7,10,12H2,1-4H3/t14?,17-,18-,19?,22-,23-,24-,25-/m0/s1. The van der Waals surface area contributed by atoms with Gasteiger partial charge in [0, 0.05) is 29.1 Å². The van der Waals surface area contributed by atoms with Crippen LogP contribution >= 0.6 is 0 Å². The monoisotopic (exact) mass is 446 g/mol. The van der Waals surface area contributed by atoms with E-state index >= 15 is 4.39 Å². The van der Waals surface area contributed by atoms with Crippen molar-refractivity contribution in [2.24, 2.45) is 28.6 Å². The first-order chi connectivity index (χ1) is 14.9. The predicted octanol–water partition coefficient (Wildman–Crippen LogP) is 3.06. The number of Topliss-reactive ketones (excluding diaryl/α,β-unsaturated/α-hetero) is 1. The number of ether oxygens (including phenoxy) is 1. The molecule has 0 aliphatic heterocycles. The third-order valence-corrected chi connectivity index (χ3v) is 9.22. The van der Waals surface area contributed by atoms with Gasteiger partial charge in [0.05, 0.1) is 6.10 Å². The minimum Gasteiger partial charge on any atom is -0.450 e. The van der Waals surface area contributed by atoms with E-state index in [1.165, 1.54) is 12.2 Å². The molecule has 1 N–H and O–H groups in total. The van der Waals surface area contributed by atoms with Crippen molar-refractivity contribution in [1.29, 1.82) is 0 Å². The van der Waals surface area contributed by atoms with Crippen molar-refractivity contribution in [2.45, 2.75) is 77.2 Å². The highest BCUT2D eigenvalue weighted by atomic mass is 19.1. The SMILES string of the molecule is CCC(=O)O[C@]1(C(=O)C=O)C(C)C[C@H]2[C@@H]3CCC4=CC(=O)C=C[C@]4(C)[C@@]3(F)C(O)C[C@@]21C. The van der Waals surface area contributed by atoms with Gasteiger partial charge in [0.25, 0.3) is 0 Å². The summed E-state index contributed by atoms with van der Waals surface area (Å²) in [5, 5.41) is 11.3. The molecule has 4 aliphatic rings. The van der Waals surface area contributed by atoms with E-state index in [0.29, 0.717) is 24.8 Å². The van der Waals surface area contributed by atoms with Gasteiger partial charge in [-0.05, 0) is 50.7 Å². The van der Waals surface area contributed by atoms with Crippen LogP contribution in [0.2, 0.25) is 0 Å². The fourth-order valence-corrected chi connectivity index (χ4v) is 7.66. The topological polar surface area (TPSA) is 97.7 Å². The van der Waals surface area contributed by atoms with E-state index in [4.69, 9.17) is 4.74 Å². The molecule has 2 unspecified atom stereocenters. The Morgan fingerprint density at radius 2 is 2.00 bits per heavy atom. The number of esters is 1. The van der Waals surface area contributed by atoms with Gasteiger partial charge in [0.15, 0.2) is 23.3 Å². The van der Waals surface area contributed by atoms with Crippen molar-refractivity contribution in [3.05, 3.63) is 23.8 Å². The number of hydrogen-bond acceptors (Lipinski definition) is 6. The zero-order valence-electron chi connectivity index (χ0n) is 19.0. The van der Waals surface area contributed by atoms with Crippen molar-refractivity contribution in [1.82, 2.24) is 0 Å². The smallest absolute Gasteiger partial charge is 0.306 e. The molecule has 3 fully saturated rings. The van der Waals surface area contributed by atoms with Gasteiger partial charge in [-0.15, -0.1) is 0 Å². The molecular weight excluding hydrogens is 415 g/mol. The summed E-state index contributed by atoms with van der Waals surface area (Å²) in [5.74, 6) is -3.14. The van der Waals surface area contributed by atoms with E-state index in [-0.39, 0.29) is 30.8 Å². The van der Waals surface area contributed by atoms with Crippen LogP contribution in [-0.4, -0.2) is 46.3 Å². The van der Waals surface area contributed by atoms with Gasteiger partial charge in [-0.1, -0.05) is 32.4 Å². The number of hydrogen-bond donors (Lipinski definition) is 1. The summed E-state index contributed by atoms with van der Waals surface area (Å²) in [5.41, 5.74) is -5.35. The quantitative estimate of drug-likeness (QED) is 0.405. The molecule has 0 aromatic rings. The number of ketones is 2. The van der Waals surface area contributed by atoms with Crippen LogP contribution in [0.15, 0.2) is 23.8 Å². The summed E-state index contributed by atoms with van der Waals surface area (Å²) in [6.07, 6.45) is 4.32. The summed E-state index contributed by atoms with van der Waals surface area (Å²) in [6, 6.07) is 0. The summed E-state index contributed by atoms with van der Waals surface area (Å²) in [7, 11) is 0. The summed E-state index contributed by atoms with van der Waals surface area (Å²) < 4.78 is 22.9. The Morgan fingerprint density at radius 1 is 1.31 bits per heavy atom. The van der Waals surface area contributed by atoms with Gasteiger partial charge in [-0.2, -0.15) is 0 Å². The number of rotatable bonds is 4. The second-order valence-electron chi connectivity index (χ2n) is 10.4. The number of aliphatic hydroxyl groups excluding tert-OH is 1. The summed E-state index contributed by atoms with van der Waals surface area (Å²) in [4.78, 5) is 49.1. The van der Waals surface area contributed by atoms with E-state index in [2.05, 4.69) is 0 Å². The third-order valence-electron chi connectivity index (χ3n) is 9.22. The average Bonchev–Trinajstić information content (AvgIpc) is 2.96. The average molecular weight is 447 g/mol. The molecule has 0 heterocycles. The Morgan fingerprint density at radius 3 is 2.62 bits per heavy atom. The lowest BCUT2D eigenvalue weighted by Crippen LogP contribution is -2.70. The highest BCUT2D eigenvalue weighted by Crippen LogP contribution is 2.71. The van der Waals surface area contributed by atoms with Gasteiger partial charge >= 0.3 is 5.97 Å². The number of carbonyl (C=O) groups is 4. The number of halogens is 1. The molecule has 0 spiro atoms. The largest absolute Gasteiger partial charge is 0.450 e.